The first-order valence-electron chi connectivity index (χ1n) is 6.71. The third-order valence-corrected chi connectivity index (χ3v) is 3.43. The summed E-state index contributed by atoms with van der Waals surface area (Å²) < 4.78 is 4.85. The largest absolute Gasteiger partial charge is 0.473 e. The normalized spacial score (nSPS) is 19.7. The zero-order chi connectivity index (χ0) is 16.7. The van der Waals surface area contributed by atoms with E-state index in [4.69, 9.17) is 24.5 Å². The van der Waals surface area contributed by atoms with Crippen molar-refractivity contribution in [2.75, 3.05) is 13.7 Å². The molecule has 7 nitrogen and oxygen atoms in total. The van der Waals surface area contributed by atoms with E-state index < -0.39 is 11.9 Å². The molecule has 1 unspecified atom stereocenters. The number of carbonyl (C=O) groups excluding carboxylic acids is 1. The highest BCUT2D eigenvalue weighted by Gasteiger charge is 2.34. The van der Waals surface area contributed by atoms with Gasteiger partial charge in [-0.05, 0) is 31.0 Å². The smallest absolute Gasteiger partial charge is 0.414 e. The van der Waals surface area contributed by atoms with E-state index in [0.29, 0.717) is 0 Å². The van der Waals surface area contributed by atoms with Crippen LogP contribution in [0.3, 0.4) is 0 Å². The van der Waals surface area contributed by atoms with Crippen LogP contribution in [0.1, 0.15) is 23.6 Å². The molecular formula is C15H19NO6. The topological polar surface area (TPSA) is 113 Å². The summed E-state index contributed by atoms with van der Waals surface area (Å²) in [5.41, 5.74) is 2.42. The first-order valence-corrected chi connectivity index (χ1v) is 6.71. The molecule has 3 N–H and O–H groups in total. The number of ether oxygens (including phenoxy) is 1. The fourth-order valence-corrected chi connectivity index (χ4v) is 2.37. The number of carboxylic acids is 2. The SMILES string of the molecule is COC(=O)[C@H]1CCNC1c1ccccc1C.O=C(O)C(=O)O. The maximum Gasteiger partial charge on any atom is 0.414 e. The highest BCUT2D eigenvalue weighted by molar-refractivity contribution is 6.27. The van der Waals surface area contributed by atoms with Crippen molar-refractivity contribution in [2.45, 2.75) is 19.4 Å². The van der Waals surface area contributed by atoms with Gasteiger partial charge in [-0.15, -0.1) is 0 Å². The van der Waals surface area contributed by atoms with Crippen LogP contribution in [0.4, 0.5) is 0 Å². The molecular weight excluding hydrogens is 290 g/mol. The van der Waals surface area contributed by atoms with Crippen LogP contribution in [0.25, 0.3) is 0 Å². The molecule has 1 heterocycles. The number of hydrogen-bond donors (Lipinski definition) is 3. The molecule has 1 aromatic rings. The summed E-state index contributed by atoms with van der Waals surface area (Å²) in [5, 5.41) is 18.2. The second-order valence-electron chi connectivity index (χ2n) is 4.82. The molecule has 120 valence electrons. The van der Waals surface area contributed by atoms with E-state index in [1.807, 2.05) is 12.1 Å². The van der Waals surface area contributed by atoms with E-state index >= 15 is 0 Å². The highest BCUT2D eigenvalue weighted by atomic mass is 16.5. The molecule has 1 fully saturated rings. The number of benzene rings is 1. The summed E-state index contributed by atoms with van der Waals surface area (Å²) >= 11 is 0. The van der Waals surface area contributed by atoms with Gasteiger partial charge < -0.3 is 20.3 Å². The monoisotopic (exact) mass is 309 g/mol. The highest BCUT2D eigenvalue weighted by Crippen LogP contribution is 2.31. The minimum Gasteiger partial charge on any atom is -0.473 e. The number of hydrogen-bond acceptors (Lipinski definition) is 5. The average molecular weight is 309 g/mol. The molecule has 0 spiro atoms. The molecule has 2 rings (SSSR count). The first kappa shape index (κ1) is 17.6. The van der Waals surface area contributed by atoms with E-state index in [0.717, 1.165) is 13.0 Å². The molecule has 0 aliphatic carbocycles. The van der Waals surface area contributed by atoms with Gasteiger partial charge in [-0.3, -0.25) is 4.79 Å². The lowest BCUT2D eigenvalue weighted by atomic mass is 9.91. The lowest BCUT2D eigenvalue weighted by molar-refractivity contribution is -0.159. The summed E-state index contributed by atoms with van der Waals surface area (Å²) in [6.45, 7) is 2.95. The molecule has 0 saturated carbocycles. The Labute approximate surface area is 127 Å². The first-order chi connectivity index (χ1) is 10.4. The Morgan fingerprint density at radius 2 is 1.77 bits per heavy atom. The van der Waals surface area contributed by atoms with Crippen LogP contribution in [0.15, 0.2) is 24.3 Å². The summed E-state index contributed by atoms with van der Waals surface area (Å²) in [6, 6.07) is 8.28. The fourth-order valence-electron chi connectivity index (χ4n) is 2.37. The van der Waals surface area contributed by atoms with Crippen molar-refractivity contribution in [2.24, 2.45) is 5.92 Å². The third kappa shape index (κ3) is 4.56. The van der Waals surface area contributed by atoms with Gasteiger partial charge in [0, 0.05) is 6.04 Å². The maximum atomic E-state index is 11.6. The van der Waals surface area contributed by atoms with Crippen LogP contribution >= 0.6 is 0 Å². The molecule has 0 aromatic heterocycles. The second-order valence-corrected chi connectivity index (χ2v) is 4.82. The van der Waals surface area contributed by atoms with Crippen molar-refractivity contribution < 1.29 is 29.3 Å². The molecule has 0 amide bonds. The van der Waals surface area contributed by atoms with Crippen molar-refractivity contribution in [3.8, 4) is 0 Å². The Hall–Kier alpha value is -2.41. The van der Waals surface area contributed by atoms with Crippen LogP contribution in [-0.2, 0) is 19.1 Å². The van der Waals surface area contributed by atoms with Gasteiger partial charge in [0.05, 0.1) is 13.0 Å². The second kappa shape index (κ2) is 8.14. The number of aliphatic carboxylic acids is 2. The number of rotatable bonds is 2. The predicted molar refractivity (Wildman–Crippen MR) is 77.3 cm³/mol. The zero-order valence-corrected chi connectivity index (χ0v) is 12.4. The van der Waals surface area contributed by atoms with Crippen molar-refractivity contribution in [1.82, 2.24) is 5.32 Å². The van der Waals surface area contributed by atoms with Gasteiger partial charge in [0.1, 0.15) is 0 Å². The summed E-state index contributed by atoms with van der Waals surface area (Å²) in [5.74, 6) is -3.81. The zero-order valence-electron chi connectivity index (χ0n) is 12.4. The van der Waals surface area contributed by atoms with Crippen molar-refractivity contribution in [3.05, 3.63) is 35.4 Å². The number of nitrogens with one attached hydrogen (secondary N) is 1. The van der Waals surface area contributed by atoms with Crippen molar-refractivity contribution in [3.63, 3.8) is 0 Å². The Morgan fingerprint density at radius 3 is 2.27 bits per heavy atom. The van der Waals surface area contributed by atoms with Crippen LogP contribution in [0, 0.1) is 12.8 Å². The minimum absolute atomic E-state index is 0.0499. The Bertz CT molecular complexity index is 545. The number of methoxy groups -OCH3 is 1. The summed E-state index contributed by atoms with van der Waals surface area (Å²) in [4.78, 5) is 29.8. The Morgan fingerprint density at radius 1 is 1.18 bits per heavy atom. The molecule has 1 aromatic carbocycles. The van der Waals surface area contributed by atoms with Crippen molar-refractivity contribution in [1.29, 1.82) is 0 Å². The predicted octanol–water partition coefficient (Wildman–Crippen LogP) is 0.974. The standard InChI is InChI=1S/C13H17NO2.C2H2O4/c1-9-5-3-4-6-10(9)12-11(7-8-14-12)13(15)16-2;3-1(4)2(5)6/h3-6,11-12,14H,7-8H2,1-2H3;(H,3,4)(H,5,6)/t11-,12?;/m0./s1. The Kier molecular flexibility index (Phi) is 6.52. The van der Waals surface area contributed by atoms with E-state index in [2.05, 4.69) is 24.4 Å². The number of carboxylic acid groups (broad SMARTS) is 2. The molecule has 2 atom stereocenters. The summed E-state index contributed by atoms with van der Waals surface area (Å²) in [6.07, 6.45) is 0.853. The molecule has 22 heavy (non-hydrogen) atoms. The lowest BCUT2D eigenvalue weighted by Crippen LogP contribution is -2.25. The number of aryl methyl sites for hydroxylation is 1. The molecule has 1 aliphatic rings. The van der Waals surface area contributed by atoms with Crippen LogP contribution in [0.2, 0.25) is 0 Å². The molecule has 7 heteroatoms. The van der Waals surface area contributed by atoms with E-state index in [1.165, 1.54) is 18.2 Å². The van der Waals surface area contributed by atoms with Gasteiger partial charge in [0.25, 0.3) is 0 Å². The quantitative estimate of drug-likeness (QED) is 0.551. The number of esters is 1. The van der Waals surface area contributed by atoms with E-state index in [9.17, 15) is 4.79 Å². The maximum absolute atomic E-state index is 11.6. The van der Waals surface area contributed by atoms with Crippen molar-refractivity contribution >= 4 is 17.9 Å². The molecule has 1 saturated heterocycles. The Balaban J connectivity index is 0.000000346. The minimum atomic E-state index is -1.82. The molecule has 0 bridgehead atoms. The molecule has 0 radical (unpaired) electrons. The van der Waals surface area contributed by atoms with Gasteiger partial charge in [-0.2, -0.15) is 0 Å². The third-order valence-electron chi connectivity index (χ3n) is 3.43. The average Bonchev–Trinajstić information content (AvgIpc) is 2.96. The summed E-state index contributed by atoms with van der Waals surface area (Å²) in [7, 11) is 1.45. The number of carbonyl (C=O) groups is 3. The van der Waals surface area contributed by atoms with E-state index in [1.54, 1.807) is 0 Å². The lowest BCUT2D eigenvalue weighted by Gasteiger charge is -2.19. The van der Waals surface area contributed by atoms with Crippen LogP contribution in [0.5, 0.6) is 0 Å². The van der Waals surface area contributed by atoms with Crippen LogP contribution < -0.4 is 5.32 Å². The fraction of sp³-hybridized carbons (Fsp3) is 0.400. The van der Waals surface area contributed by atoms with Gasteiger partial charge >= 0.3 is 17.9 Å². The van der Waals surface area contributed by atoms with E-state index in [-0.39, 0.29) is 17.9 Å². The molecule has 1 aliphatic heterocycles. The van der Waals surface area contributed by atoms with Crippen LogP contribution in [-0.4, -0.2) is 41.8 Å². The van der Waals surface area contributed by atoms with Gasteiger partial charge in [-0.1, -0.05) is 24.3 Å². The van der Waals surface area contributed by atoms with Gasteiger partial charge in [-0.25, -0.2) is 9.59 Å². The van der Waals surface area contributed by atoms with Gasteiger partial charge in [0.2, 0.25) is 0 Å². The van der Waals surface area contributed by atoms with Gasteiger partial charge in [0.15, 0.2) is 0 Å².